The van der Waals surface area contributed by atoms with Gasteiger partial charge in [-0.25, -0.2) is 0 Å². The number of aliphatic hydroxyl groups is 1. The van der Waals surface area contributed by atoms with E-state index >= 15 is 0 Å². The number of rotatable bonds is 4. The average Bonchev–Trinajstić information content (AvgIpc) is 2.70. The number of hydrogen-bond acceptors (Lipinski definition) is 3. The molecule has 0 spiro atoms. The van der Waals surface area contributed by atoms with E-state index in [0.29, 0.717) is 12.6 Å². The highest BCUT2D eigenvalue weighted by atomic mass is 16.5. The molecule has 1 saturated heterocycles. The van der Waals surface area contributed by atoms with Gasteiger partial charge in [-0.2, -0.15) is 0 Å². The smallest absolute Gasteiger partial charge is 0.0499 e. The van der Waals surface area contributed by atoms with Gasteiger partial charge in [0, 0.05) is 31.3 Å². The van der Waals surface area contributed by atoms with Gasteiger partial charge in [0.05, 0.1) is 0 Å². The molecule has 0 aromatic carbocycles. The predicted molar refractivity (Wildman–Crippen MR) is 64.4 cm³/mol. The molecular weight excluding hydrogens is 202 g/mol. The number of hydrogen-bond donors (Lipinski definition) is 2. The first-order chi connectivity index (χ1) is 7.74. The second-order valence-corrected chi connectivity index (χ2v) is 5.72. The van der Waals surface area contributed by atoms with Gasteiger partial charge in [-0.15, -0.1) is 0 Å². The topological polar surface area (TPSA) is 41.5 Å². The summed E-state index contributed by atoms with van der Waals surface area (Å²) in [6, 6.07) is 0.514. The van der Waals surface area contributed by atoms with Crippen molar-refractivity contribution in [2.45, 2.75) is 45.1 Å². The monoisotopic (exact) mass is 227 g/mol. The van der Waals surface area contributed by atoms with Gasteiger partial charge in [-0.1, -0.05) is 13.3 Å². The maximum Gasteiger partial charge on any atom is 0.0499 e. The van der Waals surface area contributed by atoms with Crippen LogP contribution in [0.15, 0.2) is 0 Å². The van der Waals surface area contributed by atoms with Crippen molar-refractivity contribution in [2.24, 2.45) is 11.3 Å². The molecule has 16 heavy (non-hydrogen) atoms. The first kappa shape index (κ1) is 12.3. The SMILES string of the molecule is CC1(CO)CCCC1NCC1CCOCC1. The van der Waals surface area contributed by atoms with Gasteiger partial charge in [0.25, 0.3) is 0 Å². The van der Waals surface area contributed by atoms with Gasteiger partial charge in [0.1, 0.15) is 0 Å². The second kappa shape index (κ2) is 5.48. The average molecular weight is 227 g/mol. The Bertz CT molecular complexity index is 216. The van der Waals surface area contributed by atoms with E-state index in [9.17, 15) is 5.11 Å². The van der Waals surface area contributed by atoms with Crippen LogP contribution in [-0.2, 0) is 4.74 Å². The molecule has 1 aliphatic carbocycles. The molecule has 0 aromatic rings. The molecule has 1 heterocycles. The summed E-state index contributed by atoms with van der Waals surface area (Å²) in [5.74, 6) is 0.775. The highest BCUT2D eigenvalue weighted by Gasteiger charge is 2.38. The molecule has 2 N–H and O–H groups in total. The Morgan fingerprint density at radius 2 is 2.06 bits per heavy atom. The third-order valence-corrected chi connectivity index (χ3v) is 4.44. The second-order valence-electron chi connectivity index (χ2n) is 5.72. The summed E-state index contributed by atoms with van der Waals surface area (Å²) in [7, 11) is 0. The minimum absolute atomic E-state index is 0.116. The fourth-order valence-corrected chi connectivity index (χ4v) is 3.03. The van der Waals surface area contributed by atoms with Crippen LogP contribution in [0.5, 0.6) is 0 Å². The Morgan fingerprint density at radius 3 is 2.75 bits per heavy atom. The third kappa shape index (κ3) is 2.76. The molecule has 94 valence electrons. The van der Waals surface area contributed by atoms with Gasteiger partial charge in [-0.05, 0) is 38.1 Å². The molecule has 2 fully saturated rings. The van der Waals surface area contributed by atoms with Crippen LogP contribution in [0.4, 0.5) is 0 Å². The van der Waals surface area contributed by atoms with Crippen LogP contribution in [0, 0.1) is 11.3 Å². The lowest BCUT2D eigenvalue weighted by atomic mass is 9.85. The molecule has 2 rings (SSSR count). The molecule has 0 amide bonds. The van der Waals surface area contributed by atoms with Crippen LogP contribution in [0.25, 0.3) is 0 Å². The summed E-state index contributed by atoms with van der Waals surface area (Å²) in [6.45, 7) is 5.48. The highest BCUT2D eigenvalue weighted by Crippen LogP contribution is 2.37. The maximum absolute atomic E-state index is 9.47. The summed E-state index contributed by atoms with van der Waals surface area (Å²) in [6.07, 6.45) is 6.02. The van der Waals surface area contributed by atoms with Gasteiger partial charge in [0.15, 0.2) is 0 Å². The Balaban J connectivity index is 1.76. The number of nitrogens with one attached hydrogen (secondary N) is 1. The minimum Gasteiger partial charge on any atom is -0.396 e. The van der Waals surface area contributed by atoms with Crippen LogP contribution >= 0.6 is 0 Å². The Morgan fingerprint density at radius 1 is 1.31 bits per heavy atom. The summed E-state index contributed by atoms with van der Waals surface area (Å²) >= 11 is 0. The molecular formula is C13H25NO2. The zero-order chi connectivity index (χ0) is 11.4. The standard InChI is InChI=1S/C13H25NO2/c1-13(10-15)6-2-3-12(13)14-9-11-4-7-16-8-5-11/h11-12,14-15H,2-10H2,1H3. The normalized spacial score (nSPS) is 36.8. The van der Waals surface area contributed by atoms with Crippen LogP contribution in [0.1, 0.15) is 39.0 Å². The van der Waals surface area contributed by atoms with E-state index in [1.807, 2.05) is 0 Å². The van der Waals surface area contributed by atoms with Crippen LogP contribution in [-0.4, -0.2) is 37.5 Å². The molecule has 2 aliphatic rings. The van der Waals surface area contributed by atoms with Gasteiger partial charge in [-0.3, -0.25) is 0 Å². The van der Waals surface area contributed by atoms with E-state index < -0.39 is 0 Å². The van der Waals surface area contributed by atoms with Crippen molar-refractivity contribution < 1.29 is 9.84 Å². The van der Waals surface area contributed by atoms with Crippen LogP contribution in [0.2, 0.25) is 0 Å². The molecule has 2 atom stereocenters. The maximum atomic E-state index is 9.47. The highest BCUT2D eigenvalue weighted by molar-refractivity contribution is 4.93. The van der Waals surface area contributed by atoms with E-state index in [2.05, 4.69) is 12.2 Å². The Kier molecular flexibility index (Phi) is 4.22. The fraction of sp³-hybridized carbons (Fsp3) is 1.00. The largest absolute Gasteiger partial charge is 0.396 e. The first-order valence-corrected chi connectivity index (χ1v) is 6.66. The Hall–Kier alpha value is -0.120. The summed E-state index contributed by atoms with van der Waals surface area (Å²) in [4.78, 5) is 0. The summed E-state index contributed by atoms with van der Waals surface area (Å²) in [5, 5.41) is 13.1. The Labute approximate surface area is 98.6 Å². The lowest BCUT2D eigenvalue weighted by Crippen LogP contribution is -2.44. The van der Waals surface area contributed by atoms with Crippen molar-refractivity contribution >= 4 is 0 Å². The van der Waals surface area contributed by atoms with Gasteiger partial charge >= 0.3 is 0 Å². The van der Waals surface area contributed by atoms with Gasteiger partial charge < -0.3 is 15.2 Å². The summed E-state index contributed by atoms with van der Waals surface area (Å²) < 4.78 is 5.37. The lowest BCUT2D eigenvalue weighted by Gasteiger charge is -2.32. The van der Waals surface area contributed by atoms with Crippen molar-refractivity contribution in [3.8, 4) is 0 Å². The van der Waals surface area contributed by atoms with E-state index in [-0.39, 0.29) is 5.41 Å². The molecule has 1 saturated carbocycles. The first-order valence-electron chi connectivity index (χ1n) is 6.66. The van der Waals surface area contributed by atoms with Crippen LogP contribution < -0.4 is 5.32 Å². The van der Waals surface area contributed by atoms with E-state index in [1.54, 1.807) is 0 Å². The molecule has 0 radical (unpaired) electrons. The van der Waals surface area contributed by atoms with Crippen molar-refractivity contribution in [1.29, 1.82) is 0 Å². The zero-order valence-electron chi connectivity index (χ0n) is 10.4. The lowest BCUT2D eigenvalue weighted by molar-refractivity contribution is 0.0610. The van der Waals surface area contributed by atoms with Gasteiger partial charge in [0.2, 0.25) is 0 Å². The zero-order valence-corrected chi connectivity index (χ0v) is 10.4. The summed E-state index contributed by atoms with van der Waals surface area (Å²) in [5.41, 5.74) is 0.116. The molecule has 0 bridgehead atoms. The van der Waals surface area contributed by atoms with Crippen molar-refractivity contribution in [3.63, 3.8) is 0 Å². The van der Waals surface area contributed by atoms with E-state index in [4.69, 9.17) is 4.74 Å². The van der Waals surface area contributed by atoms with Crippen molar-refractivity contribution in [3.05, 3.63) is 0 Å². The number of aliphatic hydroxyl groups excluding tert-OH is 1. The quantitative estimate of drug-likeness (QED) is 0.766. The molecule has 3 nitrogen and oxygen atoms in total. The third-order valence-electron chi connectivity index (χ3n) is 4.44. The molecule has 1 aliphatic heterocycles. The minimum atomic E-state index is 0.116. The number of ether oxygens (including phenoxy) is 1. The predicted octanol–water partition coefficient (Wildman–Crippen LogP) is 1.55. The van der Waals surface area contributed by atoms with E-state index in [0.717, 1.165) is 32.1 Å². The fourth-order valence-electron chi connectivity index (χ4n) is 3.03. The molecule has 2 unspecified atom stereocenters. The van der Waals surface area contributed by atoms with E-state index in [1.165, 1.54) is 25.7 Å². The molecule has 0 aromatic heterocycles. The van der Waals surface area contributed by atoms with Crippen LogP contribution in [0.3, 0.4) is 0 Å². The molecule has 3 heteroatoms. The van der Waals surface area contributed by atoms with Crippen molar-refractivity contribution in [1.82, 2.24) is 5.32 Å². The van der Waals surface area contributed by atoms with Crippen molar-refractivity contribution in [2.75, 3.05) is 26.4 Å².